The summed E-state index contributed by atoms with van der Waals surface area (Å²) in [5.41, 5.74) is -0.575. The van der Waals surface area contributed by atoms with Crippen molar-refractivity contribution >= 4 is 5.91 Å². The van der Waals surface area contributed by atoms with E-state index in [0.717, 1.165) is 18.3 Å². The lowest BCUT2D eigenvalue weighted by Gasteiger charge is -2.20. The highest BCUT2D eigenvalue weighted by Gasteiger charge is 2.40. The van der Waals surface area contributed by atoms with E-state index in [1.807, 2.05) is 0 Å². The fourth-order valence-electron chi connectivity index (χ4n) is 2.84. The highest BCUT2D eigenvalue weighted by molar-refractivity contribution is 6.00. The highest BCUT2D eigenvalue weighted by Crippen LogP contribution is 2.40. The number of fused-ring (bicyclic) bond motifs is 1. The van der Waals surface area contributed by atoms with Crippen LogP contribution in [-0.2, 0) is 12.7 Å². The van der Waals surface area contributed by atoms with Gasteiger partial charge in [0.2, 0.25) is 0 Å². The molecule has 0 unspecified atom stereocenters. The maximum absolute atomic E-state index is 13.5. The van der Waals surface area contributed by atoms with Crippen LogP contribution in [0.2, 0.25) is 0 Å². The summed E-state index contributed by atoms with van der Waals surface area (Å²) in [6, 6.07) is 3.21. The van der Waals surface area contributed by atoms with E-state index in [1.54, 1.807) is 13.8 Å². The number of hydrogen-bond acceptors (Lipinski definition) is 2. The summed E-state index contributed by atoms with van der Waals surface area (Å²) in [6.45, 7) is 3.41. The number of halogens is 4. The molecule has 0 aliphatic carbocycles. The average molecular weight is 338 g/mol. The van der Waals surface area contributed by atoms with Gasteiger partial charge in [-0.15, -0.1) is 0 Å². The maximum Gasteiger partial charge on any atom is 0.416 e. The van der Waals surface area contributed by atoms with Crippen molar-refractivity contribution in [2.24, 2.45) is 0 Å². The van der Waals surface area contributed by atoms with E-state index in [4.69, 9.17) is 0 Å². The fourth-order valence-corrected chi connectivity index (χ4v) is 2.84. The number of aromatic nitrogens is 1. The summed E-state index contributed by atoms with van der Waals surface area (Å²) in [5.74, 6) is -1.10. The number of rotatable bonds is 2. The molecule has 1 aliphatic rings. The van der Waals surface area contributed by atoms with Gasteiger partial charge in [-0.1, -0.05) is 0 Å². The Bertz CT molecular complexity index is 815. The molecular formula is C17H14F4N2O. The van der Waals surface area contributed by atoms with Crippen LogP contribution in [0.1, 0.15) is 35.3 Å². The first-order chi connectivity index (χ1) is 11.2. The molecule has 24 heavy (non-hydrogen) atoms. The van der Waals surface area contributed by atoms with Crippen molar-refractivity contribution in [3.63, 3.8) is 0 Å². The van der Waals surface area contributed by atoms with Crippen molar-refractivity contribution in [2.45, 2.75) is 32.6 Å². The number of carbonyl (C=O) groups is 1. The third-order valence-corrected chi connectivity index (χ3v) is 4.04. The second-order valence-electron chi connectivity index (χ2n) is 5.97. The molecule has 1 aromatic heterocycles. The zero-order valence-corrected chi connectivity index (χ0v) is 13.0. The molecule has 0 N–H and O–H groups in total. The van der Waals surface area contributed by atoms with E-state index in [-0.39, 0.29) is 34.8 Å². The summed E-state index contributed by atoms with van der Waals surface area (Å²) < 4.78 is 53.7. The van der Waals surface area contributed by atoms with E-state index in [1.165, 1.54) is 17.2 Å². The molecule has 1 aliphatic heterocycles. The quantitative estimate of drug-likeness (QED) is 0.766. The third kappa shape index (κ3) is 2.74. The topological polar surface area (TPSA) is 33.2 Å². The molecule has 0 saturated heterocycles. The number of pyridine rings is 1. The molecule has 2 heterocycles. The van der Waals surface area contributed by atoms with Crippen molar-refractivity contribution in [2.75, 3.05) is 0 Å². The molecule has 0 fully saturated rings. The maximum atomic E-state index is 13.5. The van der Waals surface area contributed by atoms with Crippen LogP contribution in [0.5, 0.6) is 0 Å². The van der Waals surface area contributed by atoms with Crippen molar-refractivity contribution in [1.29, 1.82) is 0 Å². The number of carbonyl (C=O) groups excluding carboxylic acids is 1. The van der Waals surface area contributed by atoms with Crippen LogP contribution in [0, 0.1) is 5.82 Å². The molecule has 7 heteroatoms. The summed E-state index contributed by atoms with van der Waals surface area (Å²) in [5, 5.41) is 0. The van der Waals surface area contributed by atoms with E-state index in [9.17, 15) is 22.4 Å². The van der Waals surface area contributed by atoms with E-state index >= 15 is 0 Å². The summed E-state index contributed by atoms with van der Waals surface area (Å²) in [7, 11) is 0. The zero-order valence-electron chi connectivity index (χ0n) is 13.0. The van der Waals surface area contributed by atoms with Gasteiger partial charge in [0.15, 0.2) is 0 Å². The van der Waals surface area contributed by atoms with Gasteiger partial charge in [-0.2, -0.15) is 13.2 Å². The smallest absolute Gasteiger partial charge is 0.332 e. The van der Waals surface area contributed by atoms with E-state index < -0.39 is 23.5 Å². The SMILES string of the molecule is CC(C)N1Cc2c(cc(-c3cncc(F)c3)cc2C(F)(F)F)C1=O. The molecule has 0 radical (unpaired) electrons. The summed E-state index contributed by atoms with van der Waals surface area (Å²) >= 11 is 0. The van der Waals surface area contributed by atoms with Gasteiger partial charge in [0.25, 0.3) is 5.91 Å². The molecule has 3 nitrogen and oxygen atoms in total. The normalized spacial score (nSPS) is 14.5. The second-order valence-corrected chi connectivity index (χ2v) is 5.97. The minimum Gasteiger partial charge on any atom is -0.332 e. The number of amides is 1. The Morgan fingerprint density at radius 3 is 2.42 bits per heavy atom. The Morgan fingerprint density at radius 2 is 1.83 bits per heavy atom. The van der Waals surface area contributed by atoms with Crippen LogP contribution in [0.4, 0.5) is 17.6 Å². The highest BCUT2D eigenvalue weighted by atomic mass is 19.4. The monoisotopic (exact) mass is 338 g/mol. The van der Waals surface area contributed by atoms with Gasteiger partial charge in [-0.25, -0.2) is 4.39 Å². The minimum atomic E-state index is -4.60. The Labute approximate surface area is 135 Å². The molecule has 1 amide bonds. The average Bonchev–Trinajstić information content (AvgIpc) is 2.83. The molecule has 126 valence electrons. The molecule has 0 saturated carbocycles. The largest absolute Gasteiger partial charge is 0.416 e. The number of nitrogens with zero attached hydrogens (tertiary/aromatic N) is 2. The Morgan fingerprint density at radius 1 is 1.12 bits per heavy atom. The lowest BCUT2D eigenvalue weighted by Crippen LogP contribution is -2.30. The van der Waals surface area contributed by atoms with Crippen LogP contribution >= 0.6 is 0 Å². The standard InChI is InChI=1S/C17H14F4N2O/c1-9(2)23-8-14-13(16(23)24)4-10(5-15(14)17(19,20)21)11-3-12(18)7-22-6-11/h3-7,9H,8H2,1-2H3. The first-order valence-corrected chi connectivity index (χ1v) is 7.34. The summed E-state index contributed by atoms with van der Waals surface area (Å²) in [4.78, 5) is 17.5. The number of benzene rings is 1. The Kier molecular flexibility index (Phi) is 3.81. The summed E-state index contributed by atoms with van der Waals surface area (Å²) in [6.07, 6.45) is -2.37. The second kappa shape index (κ2) is 5.58. The van der Waals surface area contributed by atoms with Gasteiger partial charge in [0.05, 0.1) is 11.8 Å². The molecule has 0 atom stereocenters. The van der Waals surface area contributed by atoms with Gasteiger partial charge in [0.1, 0.15) is 5.82 Å². The Balaban J connectivity index is 2.21. The van der Waals surface area contributed by atoms with Crippen molar-refractivity contribution in [3.05, 3.63) is 53.1 Å². The molecular weight excluding hydrogens is 324 g/mol. The van der Waals surface area contributed by atoms with Gasteiger partial charge in [-0.3, -0.25) is 9.78 Å². The van der Waals surface area contributed by atoms with E-state index in [2.05, 4.69) is 4.98 Å². The van der Waals surface area contributed by atoms with Crippen LogP contribution < -0.4 is 0 Å². The van der Waals surface area contributed by atoms with Crippen LogP contribution in [0.25, 0.3) is 11.1 Å². The van der Waals surface area contributed by atoms with E-state index in [0.29, 0.717) is 0 Å². The number of hydrogen-bond donors (Lipinski definition) is 0. The van der Waals surface area contributed by atoms with Crippen molar-refractivity contribution < 1.29 is 22.4 Å². The predicted octanol–water partition coefficient (Wildman–Crippen LogP) is 4.27. The Hall–Kier alpha value is -2.44. The van der Waals surface area contributed by atoms with Gasteiger partial charge in [0, 0.05) is 29.9 Å². The van der Waals surface area contributed by atoms with Crippen molar-refractivity contribution in [3.8, 4) is 11.1 Å². The molecule has 0 bridgehead atoms. The lowest BCUT2D eigenvalue weighted by atomic mass is 9.96. The van der Waals surface area contributed by atoms with Crippen LogP contribution in [0.3, 0.4) is 0 Å². The molecule has 2 aromatic rings. The minimum absolute atomic E-state index is 0.0118. The van der Waals surface area contributed by atoms with Gasteiger partial charge in [-0.05, 0) is 43.2 Å². The van der Waals surface area contributed by atoms with Crippen LogP contribution in [0.15, 0.2) is 30.6 Å². The van der Waals surface area contributed by atoms with Crippen molar-refractivity contribution in [1.82, 2.24) is 9.88 Å². The van der Waals surface area contributed by atoms with Gasteiger partial charge >= 0.3 is 6.18 Å². The predicted molar refractivity (Wildman–Crippen MR) is 79.6 cm³/mol. The third-order valence-electron chi connectivity index (χ3n) is 4.04. The first-order valence-electron chi connectivity index (χ1n) is 7.34. The molecule has 3 rings (SSSR count). The van der Waals surface area contributed by atoms with Crippen LogP contribution in [-0.4, -0.2) is 21.8 Å². The molecule has 0 spiro atoms. The number of alkyl halides is 3. The zero-order chi connectivity index (χ0) is 17.6. The fraction of sp³-hybridized carbons (Fsp3) is 0.294. The van der Waals surface area contributed by atoms with Gasteiger partial charge < -0.3 is 4.90 Å². The lowest BCUT2D eigenvalue weighted by molar-refractivity contribution is -0.138. The molecule has 1 aromatic carbocycles. The first kappa shape index (κ1) is 16.4.